The van der Waals surface area contributed by atoms with Crippen LogP contribution in [0.2, 0.25) is 0 Å². The average Bonchev–Trinajstić information content (AvgIpc) is 2.76. The van der Waals surface area contributed by atoms with Crippen molar-refractivity contribution in [3.05, 3.63) is 18.2 Å². The maximum Gasteiger partial charge on any atom is 0.256 e. The molecular formula is C15H26N2O2. The minimum absolute atomic E-state index is 0.452. The van der Waals surface area contributed by atoms with Crippen LogP contribution in [0.25, 0.3) is 0 Å². The van der Waals surface area contributed by atoms with Crippen LogP contribution in [0, 0.1) is 5.92 Å². The predicted molar refractivity (Wildman–Crippen MR) is 72.3 cm³/mol. The largest absolute Gasteiger partial charge is 0.550 e. The standard InChI is InChI=1S/C15H26N2O2/c1-4-6-7-8-9-14-16(5-2)10-11-17(14)12-13(3)15(18)19/h10-11,13H,4-9,12H2,1-3H3. The van der Waals surface area contributed by atoms with Gasteiger partial charge in [0.2, 0.25) is 0 Å². The Morgan fingerprint density at radius 1 is 1.37 bits per heavy atom. The van der Waals surface area contributed by atoms with Crippen LogP contribution < -0.4 is 9.67 Å². The lowest BCUT2D eigenvalue weighted by Crippen LogP contribution is -2.45. The van der Waals surface area contributed by atoms with E-state index in [4.69, 9.17) is 0 Å². The summed E-state index contributed by atoms with van der Waals surface area (Å²) in [7, 11) is 0. The molecule has 0 spiro atoms. The minimum atomic E-state index is -0.978. The first-order chi connectivity index (χ1) is 9.10. The van der Waals surface area contributed by atoms with E-state index >= 15 is 0 Å². The zero-order chi connectivity index (χ0) is 14.3. The molecule has 0 radical (unpaired) electrons. The lowest BCUT2D eigenvalue weighted by Gasteiger charge is -2.11. The zero-order valence-electron chi connectivity index (χ0n) is 12.4. The van der Waals surface area contributed by atoms with Crippen molar-refractivity contribution in [1.29, 1.82) is 0 Å². The number of carbonyl (C=O) groups excluding carboxylic acids is 1. The number of hydrogen-bond donors (Lipinski definition) is 0. The van der Waals surface area contributed by atoms with Crippen LogP contribution in [0.15, 0.2) is 12.4 Å². The molecule has 0 aliphatic rings. The van der Waals surface area contributed by atoms with E-state index in [1.54, 1.807) is 6.92 Å². The number of nitrogens with zero attached hydrogens (tertiary/aromatic N) is 2. The first-order valence-corrected chi connectivity index (χ1v) is 7.38. The Bertz CT molecular complexity index is 399. The smallest absolute Gasteiger partial charge is 0.256 e. The van der Waals surface area contributed by atoms with Gasteiger partial charge in [-0.3, -0.25) is 0 Å². The van der Waals surface area contributed by atoms with Crippen molar-refractivity contribution in [3.8, 4) is 0 Å². The molecule has 19 heavy (non-hydrogen) atoms. The van der Waals surface area contributed by atoms with Gasteiger partial charge in [0.15, 0.2) is 0 Å². The van der Waals surface area contributed by atoms with Crippen LogP contribution in [0.4, 0.5) is 0 Å². The molecule has 4 heteroatoms. The number of hydrogen-bond acceptors (Lipinski definition) is 2. The maximum absolute atomic E-state index is 10.9. The lowest BCUT2D eigenvalue weighted by atomic mass is 10.1. The van der Waals surface area contributed by atoms with Gasteiger partial charge in [0.1, 0.15) is 12.4 Å². The highest BCUT2D eigenvalue weighted by Gasteiger charge is 2.18. The molecule has 1 rings (SSSR count). The van der Waals surface area contributed by atoms with Crippen molar-refractivity contribution >= 4 is 5.97 Å². The number of imidazole rings is 1. The summed E-state index contributed by atoms with van der Waals surface area (Å²) in [5, 5.41) is 10.9. The zero-order valence-corrected chi connectivity index (χ0v) is 12.4. The fourth-order valence-corrected chi connectivity index (χ4v) is 2.32. The van der Waals surface area contributed by atoms with E-state index in [2.05, 4.69) is 23.0 Å². The summed E-state index contributed by atoms with van der Waals surface area (Å²) in [4.78, 5) is 10.9. The number of aliphatic carboxylic acids is 1. The Morgan fingerprint density at radius 3 is 2.68 bits per heavy atom. The second-order valence-corrected chi connectivity index (χ2v) is 5.18. The van der Waals surface area contributed by atoms with Crippen LogP contribution >= 0.6 is 0 Å². The Hall–Kier alpha value is -1.32. The summed E-state index contributed by atoms with van der Waals surface area (Å²) in [5.74, 6) is -0.201. The normalized spacial score (nSPS) is 12.6. The molecule has 1 aromatic heterocycles. The van der Waals surface area contributed by atoms with E-state index in [0.29, 0.717) is 6.54 Å². The number of carboxylic acid groups (broad SMARTS) is 1. The molecule has 0 N–H and O–H groups in total. The van der Waals surface area contributed by atoms with Crippen LogP contribution in [0.5, 0.6) is 0 Å². The number of carboxylic acids is 1. The van der Waals surface area contributed by atoms with Gasteiger partial charge in [-0.2, -0.15) is 0 Å². The SMILES string of the molecule is CCCCCCc1n(CC)cc[n+]1CC(C)C(=O)[O-]. The maximum atomic E-state index is 10.9. The summed E-state index contributed by atoms with van der Waals surface area (Å²) in [6.45, 7) is 7.44. The van der Waals surface area contributed by atoms with Crippen LogP contribution in [0.3, 0.4) is 0 Å². The van der Waals surface area contributed by atoms with Crippen molar-refractivity contribution in [2.45, 2.75) is 66.0 Å². The molecule has 0 saturated heterocycles. The first-order valence-electron chi connectivity index (χ1n) is 7.38. The van der Waals surface area contributed by atoms with Crippen molar-refractivity contribution in [2.75, 3.05) is 0 Å². The molecule has 0 aliphatic heterocycles. The van der Waals surface area contributed by atoms with Crippen LogP contribution in [-0.4, -0.2) is 10.5 Å². The second-order valence-electron chi connectivity index (χ2n) is 5.18. The Labute approximate surface area is 116 Å². The molecule has 0 aliphatic carbocycles. The number of unbranched alkanes of at least 4 members (excludes halogenated alkanes) is 3. The van der Waals surface area contributed by atoms with Gasteiger partial charge in [0.25, 0.3) is 5.82 Å². The highest BCUT2D eigenvalue weighted by molar-refractivity contribution is 5.66. The van der Waals surface area contributed by atoms with E-state index in [-0.39, 0.29) is 0 Å². The Morgan fingerprint density at radius 2 is 2.11 bits per heavy atom. The molecule has 1 unspecified atom stereocenters. The number of rotatable bonds is 9. The number of carbonyl (C=O) groups is 1. The first kappa shape index (κ1) is 15.7. The Kier molecular flexibility index (Phi) is 6.60. The molecule has 0 aromatic carbocycles. The molecule has 0 bridgehead atoms. The fraction of sp³-hybridized carbons (Fsp3) is 0.733. The third kappa shape index (κ3) is 4.69. The molecule has 0 saturated carbocycles. The van der Waals surface area contributed by atoms with E-state index < -0.39 is 11.9 Å². The van der Waals surface area contributed by atoms with Gasteiger partial charge in [0, 0.05) is 18.3 Å². The predicted octanol–water partition coefficient (Wildman–Crippen LogP) is 1.30. The molecule has 1 aromatic rings. The van der Waals surface area contributed by atoms with Gasteiger partial charge >= 0.3 is 0 Å². The van der Waals surface area contributed by atoms with Gasteiger partial charge in [-0.1, -0.05) is 33.1 Å². The van der Waals surface area contributed by atoms with E-state index in [0.717, 1.165) is 19.4 Å². The molecule has 4 nitrogen and oxygen atoms in total. The minimum Gasteiger partial charge on any atom is -0.550 e. The van der Waals surface area contributed by atoms with E-state index in [9.17, 15) is 9.90 Å². The fourth-order valence-electron chi connectivity index (χ4n) is 2.32. The quantitative estimate of drug-likeness (QED) is 0.500. The molecule has 1 atom stereocenters. The van der Waals surface area contributed by atoms with Crippen LogP contribution in [0.1, 0.15) is 52.3 Å². The Balaban J connectivity index is 2.69. The van der Waals surface area contributed by atoms with Crippen LogP contribution in [-0.2, 0) is 24.3 Å². The van der Waals surface area contributed by atoms with Gasteiger partial charge in [-0.25, -0.2) is 9.13 Å². The van der Waals surface area contributed by atoms with E-state index in [1.807, 2.05) is 12.4 Å². The number of aryl methyl sites for hydroxylation is 1. The van der Waals surface area contributed by atoms with Gasteiger partial charge < -0.3 is 9.90 Å². The van der Waals surface area contributed by atoms with Crippen molar-refractivity contribution in [1.82, 2.24) is 4.57 Å². The van der Waals surface area contributed by atoms with E-state index in [1.165, 1.54) is 25.1 Å². The molecule has 0 fully saturated rings. The highest BCUT2D eigenvalue weighted by atomic mass is 16.4. The van der Waals surface area contributed by atoms with Crippen molar-refractivity contribution < 1.29 is 14.5 Å². The highest BCUT2D eigenvalue weighted by Crippen LogP contribution is 2.07. The topological polar surface area (TPSA) is 48.9 Å². The summed E-state index contributed by atoms with van der Waals surface area (Å²) in [5.41, 5.74) is 0. The monoisotopic (exact) mass is 266 g/mol. The summed E-state index contributed by atoms with van der Waals surface area (Å²) < 4.78 is 4.27. The van der Waals surface area contributed by atoms with Gasteiger partial charge in [0.05, 0.1) is 13.1 Å². The molecule has 108 valence electrons. The third-order valence-corrected chi connectivity index (χ3v) is 3.56. The van der Waals surface area contributed by atoms with Crippen molar-refractivity contribution in [2.24, 2.45) is 5.92 Å². The summed E-state index contributed by atoms with van der Waals surface area (Å²) in [6, 6.07) is 0. The summed E-state index contributed by atoms with van der Waals surface area (Å²) >= 11 is 0. The summed E-state index contributed by atoms with van der Waals surface area (Å²) in [6.07, 6.45) is 9.94. The van der Waals surface area contributed by atoms with Gasteiger partial charge in [-0.15, -0.1) is 0 Å². The lowest BCUT2D eigenvalue weighted by molar-refractivity contribution is -0.708. The van der Waals surface area contributed by atoms with Gasteiger partial charge in [-0.05, 0) is 13.3 Å². The van der Waals surface area contributed by atoms with Crippen molar-refractivity contribution in [3.63, 3.8) is 0 Å². The molecule has 1 heterocycles. The molecular weight excluding hydrogens is 240 g/mol. The molecule has 0 amide bonds. The second kappa shape index (κ2) is 7.97. The average molecular weight is 266 g/mol. The number of aromatic nitrogens is 2. The third-order valence-electron chi connectivity index (χ3n) is 3.56.